The highest BCUT2D eigenvalue weighted by Crippen LogP contribution is 2.32. The molecule has 0 spiro atoms. The molecule has 0 heterocycles. The summed E-state index contributed by atoms with van der Waals surface area (Å²) in [6.07, 6.45) is -3.36. The molecule has 0 bridgehead atoms. The molecule has 1 aromatic carbocycles. The predicted molar refractivity (Wildman–Crippen MR) is 64.1 cm³/mol. The first kappa shape index (κ1) is 14.3. The van der Waals surface area contributed by atoms with Crippen molar-refractivity contribution in [2.75, 3.05) is 0 Å². The van der Waals surface area contributed by atoms with E-state index >= 15 is 0 Å². The topological polar surface area (TPSA) is 29.1 Å². The summed E-state index contributed by atoms with van der Waals surface area (Å²) in [5, 5.41) is 2.61. The van der Waals surface area contributed by atoms with E-state index < -0.39 is 17.6 Å². The van der Waals surface area contributed by atoms with Crippen molar-refractivity contribution in [2.24, 2.45) is 0 Å². The lowest BCUT2D eigenvalue weighted by molar-refractivity contribution is -0.137. The Kier molecular flexibility index (Phi) is 4.16. The third kappa shape index (κ3) is 3.35. The number of carbonyl (C=O) groups is 1. The number of hydrogen-bond acceptors (Lipinski definition) is 1. The van der Waals surface area contributed by atoms with Crippen LogP contribution < -0.4 is 5.32 Å². The number of benzene rings is 1. The molecule has 0 radical (unpaired) electrons. The van der Waals surface area contributed by atoms with Crippen molar-refractivity contribution in [3.8, 4) is 0 Å². The standard InChI is InChI=1S/C13H14F3NO/c1-4-9-7-10(12(18)17-8(2)3)5-6-11(9)13(14,15)16/h4-8H,1H2,2-3H3,(H,17,18). The lowest BCUT2D eigenvalue weighted by Crippen LogP contribution is -2.30. The SMILES string of the molecule is C=Cc1cc(C(=O)NC(C)C)ccc1C(F)(F)F. The summed E-state index contributed by atoms with van der Waals surface area (Å²) >= 11 is 0. The molecule has 0 saturated heterocycles. The van der Waals surface area contributed by atoms with Gasteiger partial charge in [0.2, 0.25) is 0 Å². The van der Waals surface area contributed by atoms with Gasteiger partial charge < -0.3 is 5.32 Å². The molecule has 0 unspecified atom stereocenters. The maximum absolute atomic E-state index is 12.6. The molecule has 1 aromatic rings. The number of carbonyl (C=O) groups excluding carboxylic acids is 1. The van der Waals surface area contributed by atoms with Crippen molar-refractivity contribution in [1.82, 2.24) is 5.32 Å². The largest absolute Gasteiger partial charge is 0.416 e. The van der Waals surface area contributed by atoms with Gasteiger partial charge in [0.15, 0.2) is 0 Å². The highest BCUT2D eigenvalue weighted by atomic mass is 19.4. The first-order valence-corrected chi connectivity index (χ1v) is 5.40. The summed E-state index contributed by atoms with van der Waals surface area (Å²) in [5.41, 5.74) is -0.705. The van der Waals surface area contributed by atoms with Gasteiger partial charge in [-0.1, -0.05) is 12.7 Å². The Morgan fingerprint density at radius 2 is 2.00 bits per heavy atom. The Labute approximate surface area is 104 Å². The molecule has 0 aromatic heterocycles. The van der Waals surface area contributed by atoms with Gasteiger partial charge in [-0.25, -0.2) is 0 Å². The summed E-state index contributed by atoms with van der Waals surface area (Å²) in [4.78, 5) is 11.7. The van der Waals surface area contributed by atoms with Crippen molar-refractivity contribution >= 4 is 12.0 Å². The fourth-order valence-electron chi connectivity index (χ4n) is 1.48. The third-order valence-electron chi connectivity index (χ3n) is 2.26. The smallest absolute Gasteiger partial charge is 0.350 e. The van der Waals surface area contributed by atoms with E-state index in [0.29, 0.717) is 0 Å². The van der Waals surface area contributed by atoms with Crippen molar-refractivity contribution in [3.63, 3.8) is 0 Å². The maximum atomic E-state index is 12.6. The molecule has 1 rings (SSSR count). The average Bonchev–Trinajstić information content (AvgIpc) is 2.26. The molecule has 5 heteroatoms. The normalized spacial score (nSPS) is 11.4. The number of alkyl halides is 3. The first-order valence-electron chi connectivity index (χ1n) is 5.40. The number of rotatable bonds is 3. The second kappa shape index (κ2) is 5.25. The van der Waals surface area contributed by atoms with E-state index in [1.165, 1.54) is 6.07 Å². The van der Waals surface area contributed by atoms with Gasteiger partial charge >= 0.3 is 6.18 Å². The molecule has 0 aliphatic carbocycles. The van der Waals surface area contributed by atoms with E-state index in [9.17, 15) is 18.0 Å². The molecule has 0 saturated carbocycles. The van der Waals surface area contributed by atoms with Crippen LogP contribution in [0.2, 0.25) is 0 Å². The van der Waals surface area contributed by atoms with Crippen LogP contribution >= 0.6 is 0 Å². The van der Waals surface area contributed by atoms with Gasteiger partial charge in [0, 0.05) is 11.6 Å². The molecule has 18 heavy (non-hydrogen) atoms. The minimum absolute atomic E-state index is 0.0769. The highest BCUT2D eigenvalue weighted by Gasteiger charge is 2.32. The minimum atomic E-state index is -4.45. The summed E-state index contributed by atoms with van der Waals surface area (Å²) in [6.45, 7) is 6.88. The zero-order valence-electron chi connectivity index (χ0n) is 10.1. The number of halogens is 3. The number of amides is 1. The summed E-state index contributed by atoms with van der Waals surface area (Å²) < 4.78 is 37.9. The van der Waals surface area contributed by atoms with Gasteiger partial charge in [-0.05, 0) is 37.6 Å². The molecule has 98 valence electrons. The van der Waals surface area contributed by atoms with E-state index in [-0.39, 0.29) is 17.2 Å². The van der Waals surface area contributed by atoms with Gasteiger partial charge in [0.1, 0.15) is 0 Å². The second-order valence-electron chi connectivity index (χ2n) is 4.13. The Morgan fingerprint density at radius 3 is 2.44 bits per heavy atom. The van der Waals surface area contributed by atoms with Crippen molar-refractivity contribution < 1.29 is 18.0 Å². The maximum Gasteiger partial charge on any atom is 0.416 e. The van der Waals surface area contributed by atoms with Crippen molar-refractivity contribution in [2.45, 2.75) is 26.1 Å². The van der Waals surface area contributed by atoms with Crippen LogP contribution in [0.5, 0.6) is 0 Å². The molecule has 0 aliphatic heterocycles. The van der Waals surface area contributed by atoms with Crippen molar-refractivity contribution in [3.05, 3.63) is 41.5 Å². The van der Waals surface area contributed by atoms with Crippen LogP contribution in [0.15, 0.2) is 24.8 Å². The minimum Gasteiger partial charge on any atom is -0.350 e. The molecule has 1 amide bonds. The monoisotopic (exact) mass is 257 g/mol. The predicted octanol–water partition coefficient (Wildman–Crippen LogP) is 3.49. The van der Waals surface area contributed by atoms with Crippen molar-refractivity contribution in [1.29, 1.82) is 0 Å². The zero-order valence-corrected chi connectivity index (χ0v) is 10.1. The van der Waals surface area contributed by atoms with Gasteiger partial charge in [-0.15, -0.1) is 0 Å². The highest BCUT2D eigenvalue weighted by molar-refractivity contribution is 5.95. The molecule has 1 N–H and O–H groups in total. The molecule has 0 fully saturated rings. The fourth-order valence-corrected chi connectivity index (χ4v) is 1.48. The Bertz CT molecular complexity index is 464. The van der Waals surface area contributed by atoms with Gasteiger partial charge in [0.25, 0.3) is 5.91 Å². The zero-order chi connectivity index (χ0) is 13.9. The van der Waals surface area contributed by atoms with E-state index in [2.05, 4.69) is 11.9 Å². The first-order chi connectivity index (χ1) is 8.25. The molecule has 0 atom stereocenters. The van der Waals surface area contributed by atoms with Crippen LogP contribution in [0.3, 0.4) is 0 Å². The number of nitrogens with one attached hydrogen (secondary N) is 1. The molecular weight excluding hydrogens is 243 g/mol. The van der Waals surface area contributed by atoms with Crippen LogP contribution in [0.25, 0.3) is 6.08 Å². The summed E-state index contributed by atoms with van der Waals surface area (Å²) in [5.74, 6) is -0.401. The van der Waals surface area contributed by atoms with E-state index in [1.54, 1.807) is 13.8 Å². The van der Waals surface area contributed by atoms with E-state index in [4.69, 9.17) is 0 Å². The van der Waals surface area contributed by atoms with Gasteiger partial charge in [0.05, 0.1) is 5.56 Å². The number of hydrogen-bond donors (Lipinski definition) is 1. The van der Waals surface area contributed by atoms with Crippen LogP contribution in [-0.4, -0.2) is 11.9 Å². The Hall–Kier alpha value is -1.78. The average molecular weight is 257 g/mol. The van der Waals surface area contributed by atoms with Crippen LogP contribution in [0.4, 0.5) is 13.2 Å². The van der Waals surface area contributed by atoms with E-state index in [1.807, 2.05) is 0 Å². The third-order valence-corrected chi connectivity index (χ3v) is 2.26. The summed E-state index contributed by atoms with van der Waals surface area (Å²) in [7, 11) is 0. The Morgan fingerprint density at radius 1 is 1.39 bits per heavy atom. The molecule has 2 nitrogen and oxygen atoms in total. The van der Waals surface area contributed by atoms with Gasteiger partial charge in [-0.3, -0.25) is 4.79 Å². The summed E-state index contributed by atoms with van der Waals surface area (Å²) in [6, 6.07) is 3.17. The quantitative estimate of drug-likeness (QED) is 0.882. The Balaban J connectivity index is 3.14. The lowest BCUT2D eigenvalue weighted by Gasteiger charge is -2.13. The molecule has 0 aliphatic rings. The van der Waals surface area contributed by atoms with Crippen LogP contribution in [-0.2, 0) is 6.18 Å². The van der Waals surface area contributed by atoms with Gasteiger partial charge in [-0.2, -0.15) is 13.2 Å². The van der Waals surface area contributed by atoms with E-state index in [0.717, 1.165) is 18.2 Å². The molecular formula is C13H14F3NO. The van der Waals surface area contributed by atoms with Crippen LogP contribution in [0, 0.1) is 0 Å². The fraction of sp³-hybridized carbons (Fsp3) is 0.308. The second-order valence-corrected chi connectivity index (χ2v) is 4.13. The lowest BCUT2D eigenvalue weighted by atomic mass is 10.0. The van der Waals surface area contributed by atoms with Crippen LogP contribution in [0.1, 0.15) is 35.3 Å².